The summed E-state index contributed by atoms with van der Waals surface area (Å²) in [4.78, 5) is 22.9. The van der Waals surface area contributed by atoms with Gasteiger partial charge >= 0.3 is 5.97 Å². The Morgan fingerprint density at radius 1 is 1.23 bits per heavy atom. The van der Waals surface area contributed by atoms with Gasteiger partial charge in [0.15, 0.2) is 0 Å². The number of benzene rings is 1. The summed E-state index contributed by atoms with van der Waals surface area (Å²) in [6, 6.07) is 1.84. The van der Waals surface area contributed by atoms with Crippen molar-refractivity contribution in [1.29, 1.82) is 0 Å². The van der Waals surface area contributed by atoms with E-state index >= 15 is 0 Å². The average Bonchev–Trinajstić information content (AvgIpc) is 2.32. The quantitative estimate of drug-likeness (QED) is 0.674. The third-order valence-corrected chi connectivity index (χ3v) is 3.49. The molecule has 0 bridgehead atoms. The highest BCUT2D eigenvalue weighted by atomic mass is 32.2. The molecule has 1 rings (SSSR count). The SMILES string of the molecule is CC(=O)Nc1cc(SC(C)C(=O)OC(C)(C)C)c(F)cc1F. The van der Waals surface area contributed by atoms with E-state index in [4.69, 9.17) is 4.74 Å². The van der Waals surface area contributed by atoms with Crippen LogP contribution in [0, 0.1) is 11.6 Å². The van der Waals surface area contributed by atoms with Crippen molar-refractivity contribution in [2.45, 2.75) is 50.4 Å². The van der Waals surface area contributed by atoms with Gasteiger partial charge in [0.1, 0.15) is 22.5 Å². The summed E-state index contributed by atoms with van der Waals surface area (Å²) >= 11 is 0.901. The number of hydrogen-bond acceptors (Lipinski definition) is 4. The number of ether oxygens (including phenoxy) is 1. The third-order valence-electron chi connectivity index (χ3n) is 2.37. The van der Waals surface area contributed by atoms with Crippen LogP contribution in [-0.2, 0) is 14.3 Å². The lowest BCUT2D eigenvalue weighted by Gasteiger charge is -2.22. The average molecular weight is 331 g/mol. The minimum Gasteiger partial charge on any atom is -0.459 e. The van der Waals surface area contributed by atoms with Crippen LogP contribution in [0.3, 0.4) is 0 Å². The first-order valence-electron chi connectivity index (χ1n) is 6.66. The summed E-state index contributed by atoms with van der Waals surface area (Å²) in [6.45, 7) is 7.99. The van der Waals surface area contributed by atoms with E-state index < -0.39 is 34.4 Å². The molecule has 1 unspecified atom stereocenters. The van der Waals surface area contributed by atoms with Crippen molar-refractivity contribution in [3.05, 3.63) is 23.8 Å². The lowest BCUT2D eigenvalue weighted by Crippen LogP contribution is -2.28. The van der Waals surface area contributed by atoms with E-state index in [1.807, 2.05) is 0 Å². The molecule has 0 saturated heterocycles. The molecule has 122 valence electrons. The van der Waals surface area contributed by atoms with Crippen LogP contribution >= 0.6 is 11.8 Å². The van der Waals surface area contributed by atoms with Crippen molar-refractivity contribution in [3.8, 4) is 0 Å². The molecule has 4 nitrogen and oxygen atoms in total. The normalized spacial score (nSPS) is 12.7. The first-order chi connectivity index (χ1) is 9.99. The number of rotatable bonds is 4. The third kappa shape index (κ3) is 5.63. The zero-order valence-electron chi connectivity index (χ0n) is 13.1. The number of halogens is 2. The molecule has 0 aliphatic carbocycles. The second-order valence-electron chi connectivity index (χ2n) is 5.74. The van der Waals surface area contributed by atoms with Crippen LogP contribution in [0.5, 0.6) is 0 Å². The number of carbonyl (C=O) groups excluding carboxylic acids is 2. The number of amides is 1. The van der Waals surface area contributed by atoms with Gasteiger partial charge in [0.2, 0.25) is 5.91 Å². The number of esters is 1. The van der Waals surface area contributed by atoms with E-state index in [0.29, 0.717) is 6.07 Å². The molecule has 0 saturated carbocycles. The summed E-state index contributed by atoms with van der Waals surface area (Å²) in [7, 11) is 0. The van der Waals surface area contributed by atoms with E-state index in [2.05, 4.69) is 5.32 Å². The monoisotopic (exact) mass is 331 g/mol. The van der Waals surface area contributed by atoms with Crippen molar-refractivity contribution < 1.29 is 23.1 Å². The van der Waals surface area contributed by atoms with E-state index in [0.717, 1.165) is 17.8 Å². The first-order valence-corrected chi connectivity index (χ1v) is 7.53. The Balaban J connectivity index is 2.92. The van der Waals surface area contributed by atoms with Crippen molar-refractivity contribution in [2.24, 2.45) is 0 Å². The Labute approximate surface area is 132 Å². The molecule has 0 fully saturated rings. The fraction of sp³-hybridized carbons (Fsp3) is 0.467. The van der Waals surface area contributed by atoms with Gasteiger partial charge in [0.25, 0.3) is 0 Å². The number of carbonyl (C=O) groups is 2. The van der Waals surface area contributed by atoms with Crippen LogP contribution in [0.1, 0.15) is 34.6 Å². The molecule has 1 amide bonds. The highest BCUT2D eigenvalue weighted by molar-refractivity contribution is 8.00. The Bertz CT molecular complexity index is 585. The summed E-state index contributed by atoms with van der Waals surface area (Å²) in [5.74, 6) is -2.64. The molecule has 1 atom stereocenters. The molecular formula is C15H19F2NO3S. The Morgan fingerprint density at radius 2 is 1.82 bits per heavy atom. The molecule has 1 aromatic rings. The Morgan fingerprint density at radius 3 is 2.32 bits per heavy atom. The largest absolute Gasteiger partial charge is 0.459 e. The van der Waals surface area contributed by atoms with Crippen molar-refractivity contribution in [2.75, 3.05) is 5.32 Å². The van der Waals surface area contributed by atoms with Crippen LogP contribution < -0.4 is 5.32 Å². The summed E-state index contributed by atoms with van der Waals surface area (Å²) in [6.07, 6.45) is 0. The lowest BCUT2D eigenvalue weighted by atomic mass is 10.2. The lowest BCUT2D eigenvalue weighted by molar-refractivity contribution is -0.153. The fourth-order valence-electron chi connectivity index (χ4n) is 1.53. The summed E-state index contributed by atoms with van der Waals surface area (Å²) in [5, 5.41) is 1.59. The number of thioether (sulfide) groups is 1. The van der Waals surface area contributed by atoms with Crippen molar-refractivity contribution >= 4 is 29.3 Å². The maximum absolute atomic E-state index is 13.8. The number of hydrogen-bond donors (Lipinski definition) is 1. The number of nitrogens with one attached hydrogen (secondary N) is 1. The molecule has 1 aromatic carbocycles. The van der Waals surface area contributed by atoms with Crippen LogP contribution in [0.2, 0.25) is 0 Å². The topological polar surface area (TPSA) is 55.4 Å². The van der Waals surface area contributed by atoms with Gasteiger partial charge in [0, 0.05) is 17.9 Å². The maximum atomic E-state index is 13.8. The summed E-state index contributed by atoms with van der Waals surface area (Å²) < 4.78 is 32.6. The highest BCUT2D eigenvalue weighted by Crippen LogP contribution is 2.31. The molecule has 0 spiro atoms. The smallest absolute Gasteiger partial charge is 0.319 e. The maximum Gasteiger partial charge on any atom is 0.319 e. The predicted octanol–water partition coefficient (Wildman–Crippen LogP) is 3.75. The molecule has 0 aliphatic rings. The molecule has 22 heavy (non-hydrogen) atoms. The Kier molecular flexibility index (Phi) is 5.93. The van der Waals surface area contributed by atoms with E-state index in [9.17, 15) is 18.4 Å². The minimum absolute atomic E-state index is 0.0588. The van der Waals surface area contributed by atoms with Gasteiger partial charge in [-0.15, -0.1) is 11.8 Å². The zero-order valence-corrected chi connectivity index (χ0v) is 13.9. The predicted molar refractivity (Wildman–Crippen MR) is 81.8 cm³/mol. The van der Waals surface area contributed by atoms with Gasteiger partial charge in [-0.05, 0) is 33.8 Å². The molecule has 0 aromatic heterocycles. The van der Waals surface area contributed by atoms with Crippen LogP contribution in [-0.4, -0.2) is 22.7 Å². The first kappa shape index (κ1) is 18.4. The van der Waals surface area contributed by atoms with Gasteiger partial charge in [-0.25, -0.2) is 8.78 Å². The van der Waals surface area contributed by atoms with Crippen molar-refractivity contribution in [3.63, 3.8) is 0 Å². The molecule has 0 aliphatic heterocycles. The van der Waals surface area contributed by atoms with Crippen molar-refractivity contribution in [1.82, 2.24) is 0 Å². The zero-order chi connectivity index (χ0) is 17.1. The van der Waals surface area contributed by atoms with Gasteiger partial charge in [-0.2, -0.15) is 0 Å². The van der Waals surface area contributed by atoms with Crippen LogP contribution in [0.25, 0.3) is 0 Å². The van der Waals surface area contributed by atoms with Gasteiger partial charge in [-0.1, -0.05) is 0 Å². The fourth-order valence-corrected chi connectivity index (χ4v) is 2.41. The molecule has 1 N–H and O–H groups in total. The van der Waals surface area contributed by atoms with Crippen LogP contribution in [0.15, 0.2) is 17.0 Å². The van der Waals surface area contributed by atoms with Gasteiger partial charge in [0.05, 0.1) is 5.69 Å². The molecule has 7 heteroatoms. The van der Waals surface area contributed by atoms with Gasteiger partial charge in [-0.3, -0.25) is 9.59 Å². The Hall–Kier alpha value is -1.63. The summed E-state index contributed by atoms with van der Waals surface area (Å²) in [5.41, 5.74) is -0.776. The standard InChI is InChI=1S/C15H19F2NO3S/c1-8(14(20)21-15(3,4)5)22-13-7-12(18-9(2)19)10(16)6-11(13)17/h6-8H,1-5H3,(H,18,19). The molecule has 0 radical (unpaired) electrons. The van der Waals surface area contributed by atoms with Crippen LogP contribution in [0.4, 0.5) is 14.5 Å². The second-order valence-corrected chi connectivity index (χ2v) is 7.12. The molecular weight excluding hydrogens is 312 g/mol. The minimum atomic E-state index is -0.873. The van der Waals surface area contributed by atoms with Gasteiger partial charge < -0.3 is 10.1 Å². The molecule has 0 heterocycles. The highest BCUT2D eigenvalue weighted by Gasteiger charge is 2.24. The second kappa shape index (κ2) is 7.09. The van der Waals surface area contributed by atoms with E-state index in [1.165, 1.54) is 6.92 Å². The van der Waals surface area contributed by atoms with E-state index in [-0.39, 0.29) is 10.6 Å². The number of anilines is 1. The van der Waals surface area contributed by atoms with E-state index in [1.54, 1.807) is 27.7 Å².